The maximum absolute atomic E-state index is 10.8. The molecule has 98 valence electrons. The Hall–Kier alpha value is -2.06. The molecule has 1 N–H and O–H groups in total. The zero-order valence-electron chi connectivity index (χ0n) is 9.82. The summed E-state index contributed by atoms with van der Waals surface area (Å²) in [6, 6.07) is 0. The van der Waals surface area contributed by atoms with Gasteiger partial charge in [-0.25, -0.2) is 4.79 Å². The molecule has 17 heavy (non-hydrogen) atoms. The number of hydrogen-bond donors (Lipinski definition) is 1. The van der Waals surface area contributed by atoms with Crippen molar-refractivity contribution < 1.29 is 29.0 Å². The van der Waals surface area contributed by atoms with Gasteiger partial charge in [-0.2, -0.15) is 0 Å². The fraction of sp³-hybridized carbons (Fsp3) is 0.750. The van der Waals surface area contributed by atoms with E-state index in [1.165, 1.54) is 7.05 Å². The smallest absolute Gasteiger partial charge is 0.480 e. The maximum Gasteiger partial charge on any atom is 0.511 e. The average Bonchev–Trinajstić information content (AvgIpc) is 2.14. The van der Waals surface area contributed by atoms with Gasteiger partial charge in [-0.1, -0.05) is 0 Å². The predicted molar refractivity (Wildman–Crippen MR) is 53.8 cm³/mol. The van der Waals surface area contributed by atoms with Gasteiger partial charge in [0.05, 0.1) is 6.10 Å². The molecule has 9 nitrogen and oxygen atoms in total. The van der Waals surface area contributed by atoms with Gasteiger partial charge in [0.2, 0.25) is 0 Å². The number of carboxylic acid groups (broad SMARTS) is 1. The van der Waals surface area contributed by atoms with E-state index < -0.39 is 18.9 Å². The zero-order chi connectivity index (χ0) is 13.3. The molecule has 0 saturated carbocycles. The summed E-state index contributed by atoms with van der Waals surface area (Å²) >= 11 is 0. The van der Waals surface area contributed by atoms with E-state index in [0.717, 1.165) is 5.01 Å². The predicted octanol–water partition coefficient (Wildman–Crippen LogP) is 0.821. The number of likely N-dealkylation sites (N-methyl/N-ethyl adjacent to an activating group) is 1. The Kier molecular flexibility index (Phi) is 7.15. The number of carboxylic acids is 1. The molecule has 0 aromatic heterocycles. The van der Waals surface area contributed by atoms with E-state index in [1.807, 2.05) is 0 Å². The lowest BCUT2D eigenvalue weighted by molar-refractivity contribution is -0.138. The molecule has 0 aliphatic rings. The largest absolute Gasteiger partial charge is 0.511 e. The summed E-state index contributed by atoms with van der Waals surface area (Å²) in [4.78, 5) is 25.5. The summed E-state index contributed by atoms with van der Waals surface area (Å²) in [7, 11) is 1.40. The summed E-state index contributed by atoms with van der Waals surface area (Å²) in [6.07, 6.45) is -1.17. The third-order valence-corrected chi connectivity index (χ3v) is 1.17. The highest BCUT2D eigenvalue weighted by molar-refractivity contribution is 5.68. The second-order valence-electron chi connectivity index (χ2n) is 3.19. The first-order valence-electron chi connectivity index (χ1n) is 4.71. The Balaban J connectivity index is 3.60. The van der Waals surface area contributed by atoms with Crippen LogP contribution in [0.4, 0.5) is 4.79 Å². The lowest BCUT2D eigenvalue weighted by Crippen LogP contribution is -2.20. The second kappa shape index (κ2) is 8.13. The first-order chi connectivity index (χ1) is 7.91. The van der Waals surface area contributed by atoms with Crippen LogP contribution in [-0.2, 0) is 19.1 Å². The van der Waals surface area contributed by atoms with Crippen LogP contribution >= 0.6 is 0 Å². The number of ether oxygens (including phenoxy) is 2. The van der Waals surface area contributed by atoms with E-state index in [9.17, 15) is 9.59 Å². The SMILES string of the molecule is CC(C)OC(=O)OCO/N=N\N(C)CC(=O)O. The Bertz CT molecular complexity index is 280. The van der Waals surface area contributed by atoms with E-state index in [4.69, 9.17) is 5.11 Å². The van der Waals surface area contributed by atoms with Crippen LogP contribution in [0, 0.1) is 0 Å². The maximum atomic E-state index is 10.8. The summed E-state index contributed by atoms with van der Waals surface area (Å²) in [5, 5.41) is 15.9. The highest BCUT2D eigenvalue weighted by Gasteiger charge is 2.05. The van der Waals surface area contributed by atoms with Crippen molar-refractivity contribution in [1.82, 2.24) is 5.01 Å². The van der Waals surface area contributed by atoms with E-state index in [2.05, 4.69) is 24.8 Å². The van der Waals surface area contributed by atoms with Gasteiger partial charge in [-0.3, -0.25) is 9.80 Å². The van der Waals surface area contributed by atoms with Crippen molar-refractivity contribution in [1.29, 1.82) is 0 Å². The van der Waals surface area contributed by atoms with Gasteiger partial charge in [0.1, 0.15) is 6.54 Å². The van der Waals surface area contributed by atoms with Crippen LogP contribution in [0.15, 0.2) is 10.5 Å². The number of nitrogens with zero attached hydrogens (tertiary/aromatic N) is 3. The number of hydrogen-bond acceptors (Lipinski definition) is 7. The van der Waals surface area contributed by atoms with Crippen molar-refractivity contribution in [3.63, 3.8) is 0 Å². The number of carbonyl (C=O) groups excluding carboxylic acids is 1. The molecular weight excluding hydrogens is 234 g/mol. The molecule has 0 aliphatic carbocycles. The molecule has 0 aliphatic heterocycles. The number of rotatable bonds is 7. The molecule has 9 heteroatoms. The molecule has 0 saturated heterocycles. The van der Waals surface area contributed by atoms with Crippen LogP contribution in [0.3, 0.4) is 0 Å². The molecule has 0 aromatic rings. The minimum atomic E-state index is -1.05. The van der Waals surface area contributed by atoms with Crippen molar-refractivity contribution in [2.75, 3.05) is 20.4 Å². The molecule has 0 amide bonds. The fourth-order valence-electron chi connectivity index (χ4n) is 0.640. The third kappa shape index (κ3) is 10.2. The van der Waals surface area contributed by atoms with Crippen LogP contribution < -0.4 is 0 Å². The highest BCUT2D eigenvalue weighted by Crippen LogP contribution is 1.93. The quantitative estimate of drug-likeness (QED) is 0.234. The zero-order valence-corrected chi connectivity index (χ0v) is 9.82. The third-order valence-electron chi connectivity index (χ3n) is 1.17. The Labute approximate surface area is 97.9 Å². The highest BCUT2D eigenvalue weighted by atomic mass is 16.8. The topological polar surface area (TPSA) is 110 Å². The fourth-order valence-corrected chi connectivity index (χ4v) is 0.640. The molecule has 0 bridgehead atoms. The first-order valence-corrected chi connectivity index (χ1v) is 4.71. The molecule has 0 rings (SSSR count). The monoisotopic (exact) mass is 249 g/mol. The summed E-state index contributed by atoms with van der Waals surface area (Å²) in [6.45, 7) is 2.56. The van der Waals surface area contributed by atoms with Crippen molar-refractivity contribution in [3.8, 4) is 0 Å². The lowest BCUT2D eigenvalue weighted by atomic mass is 10.5. The van der Waals surface area contributed by atoms with Crippen molar-refractivity contribution >= 4 is 12.1 Å². The second-order valence-corrected chi connectivity index (χ2v) is 3.19. The number of carbonyl (C=O) groups is 2. The molecule has 0 spiro atoms. The Morgan fingerprint density at radius 1 is 1.41 bits per heavy atom. The molecule has 0 unspecified atom stereocenters. The normalized spacial score (nSPS) is 10.4. The van der Waals surface area contributed by atoms with Crippen molar-refractivity contribution in [3.05, 3.63) is 0 Å². The van der Waals surface area contributed by atoms with Crippen molar-refractivity contribution in [2.45, 2.75) is 20.0 Å². The average molecular weight is 249 g/mol. The van der Waals surface area contributed by atoms with Gasteiger partial charge in [-0.05, 0) is 19.1 Å². The molecule has 0 radical (unpaired) electrons. The van der Waals surface area contributed by atoms with E-state index in [1.54, 1.807) is 13.8 Å². The first kappa shape index (κ1) is 14.9. The minimum Gasteiger partial charge on any atom is -0.480 e. The lowest BCUT2D eigenvalue weighted by Gasteiger charge is -2.08. The van der Waals surface area contributed by atoms with Crippen LogP contribution in [0.5, 0.6) is 0 Å². The van der Waals surface area contributed by atoms with Gasteiger partial charge in [-0.15, -0.1) is 0 Å². The minimum absolute atomic E-state index is 0.286. The molecule has 0 heterocycles. The van der Waals surface area contributed by atoms with Gasteiger partial charge >= 0.3 is 12.1 Å². The molecule has 0 fully saturated rings. The molecule has 0 atom stereocenters. The van der Waals surface area contributed by atoms with E-state index in [0.29, 0.717) is 0 Å². The van der Waals surface area contributed by atoms with Crippen LogP contribution in [0.1, 0.15) is 13.8 Å². The standard InChI is InChI=1S/C8H15N3O6/c1-6(2)17-8(14)15-5-16-10-9-11(3)4-7(12)13/h6H,4-5H2,1-3H3,(H,12,13)/b10-9-. The molecule has 0 aromatic carbocycles. The van der Waals surface area contributed by atoms with Crippen molar-refractivity contribution in [2.24, 2.45) is 10.5 Å². The molecular formula is C8H15N3O6. The van der Waals surface area contributed by atoms with Gasteiger partial charge < -0.3 is 19.4 Å². The Morgan fingerprint density at radius 2 is 2.06 bits per heavy atom. The van der Waals surface area contributed by atoms with Gasteiger partial charge in [0.25, 0.3) is 6.79 Å². The summed E-state index contributed by atoms with van der Waals surface area (Å²) < 4.78 is 9.07. The summed E-state index contributed by atoms with van der Waals surface area (Å²) in [5.74, 6) is -1.05. The number of aliphatic carboxylic acids is 1. The summed E-state index contributed by atoms with van der Waals surface area (Å²) in [5.41, 5.74) is 0. The van der Waals surface area contributed by atoms with Crippen LogP contribution in [0.2, 0.25) is 0 Å². The Morgan fingerprint density at radius 3 is 2.59 bits per heavy atom. The van der Waals surface area contributed by atoms with E-state index >= 15 is 0 Å². The van der Waals surface area contributed by atoms with Gasteiger partial charge in [0.15, 0.2) is 0 Å². The van der Waals surface area contributed by atoms with E-state index in [-0.39, 0.29) is 12.6 Å². The van der Waals surface area contributed by atoms with Crippen LogP contribution in [-0.4, -0.2) is 48.7 Å². The van der Waals surface area contributed by atoms with Gasteiger partial charge in [0, 0.05) is 12.3 Å². The van der Waals surface area contributed by atoms with Crippen LogP contribution in [0.25, 0.3) is 0 Å².